The molecule has 0 bridgehead atoms. The number of aromatic nitrogens is 2. The van der Waals surface area contributed by atoms with E-state index in [0.717, 1.165) is 22.6 Å². The molecule has 0 atom stereocenters. The molecule has 0 aliphatic rings. The summed E-state index contributed by atoms with van der Waals surface area (Å²) in [6.45, 7) is 6.28. The van der Waals surface area contributed by atoms with Crippen LogP contribution in [0, 0.1) is 24.2 Å². The third-order valence-corrected chi connectivity index (χ3v) is 8.07. The zero-order chi connectivity index (χ0) is 26.1. The Morgan fingerprint density at radius 1 is 1.11 bits per heavy atom. The molecule has 1 heterocycles. The molecule has 1 N–H and O–H groups in total. The van der Waals surface area contributed by atoms with Gasteiger partial charge < -0.3 is 9.47 Å². The van der Waals surface area contributed by atoms with Crippen LogP contribution in [0.2, 0.25) is 0 Å². The van der Waals surface area contributed by atoms with E-state index in [1.54, 1.807) is 38.1 Å². The quantitative estimate of drug-likeness (QED) is 0.169. The first-order valence-electron chi connectivity index (χ1n) is 11.1. The monoisotopic (exact) mass is 526 g/mol. The molecule has 2 aromatic carbocycles. The number of carbonyl (C=O) groups excluding carboxylic acids is 1. The normalized spacial score (nSPS) is 11.7. The molecule has 0 saturated carbocycles. The minimum absolute atomic E-state index is 0.000134. The number of nitrogens with one attached hydrogen (secondary N) is 1. The Bertz CT molecular complexity index is 1370. The lowest BCUT2D eigenvalue weighted by Crippen LogP contribution is -2.13. The van der Waals surface area contributed by atoms with Crippen molar-refractivity contribution in [3.8, 4) is 17.6 Å². The highest BCUT2D eigenvalue weighted by molar-refractivity contribution is 7.93. The van der Waals surface area contributed by atoms with Crippen molar-refractivity contribution in [3.05, 3.63) is 65.2 Å². The van der Waals surface area contributed by atoms with Crippen LogP contribution < -0.4 is 14.8 Å². The van der Waals surface area contributed by atoms with Crippen molar-refractivity contribution in [3.63, 3.8) is 0 Å². The average Bonchev–Trinajstić information content (AvgIpc) is 3.31. The Kier molecular flexibility index (Phi) is 9.16. The van der Waals surface area contributed by atoms with Crippen LogP contribution in [-0.2, 0) is 14.6 Å². The van der Waals surface area contributed by atoms with E-state index in [-0.39, 0.29) is 26.7 Å². The second kappa shape index (κ2) is 12.3. The number of hydrogen-bond acceptors (Lipinski definition) is 9. The van der Waals surface area contributed by atoms with Gasteiger partial charge in [0.05, 0.1) is 5.75 Å². The van der Waals surface area contributed by atoms with E-state index in [1.165, 1.54) is 6.08 Å². The summed E-state index contributed by atoms with van der Waals surface area (Å²) < 4.78 is 35.8. The first-order valence-corrected chi connectivity index (χ1v) is 13.6. The van der Waals surface area contributed by atoms with Crippen molar-refractivity contribution in [2.45, 2.75) is 25.1 Å². The summed E-state index contributed by atoms with van der Waals surface area (Å²) in [4.78, 5) is 12.5. The Hall–Kier alpha value is -3.75. The SMILES string of the molecule is Cc1ccccc1OCCOc1ccc(C=C(C#N)C(=O)Nc2nnc(S(=O)(=O)CC(C)C)s2)cc1. The molecule has 0 spiro atoms. The van der Waals surface area contributed by atoms with Crippen LogP contribution in [0.25, 0.3) is 6.08 Å². The molecule has 0 radical (unpaired) electrons. The standard InChI is InChI=1S/C25H26N4O5S2/c1-17(2)16-36(31,32)25-29-28-24(35-25)27-23(30)20(15-26)14-19-8-10-21(11-9-19)33-12-13-34-22-7-5-4-6-18(22)3/h4-11,14,17H,12-13,16H2,1-3H3,(H,27,28,30). The number of benzene rings is 2. The number of hydrogen-bond donors (Lipinski definition) is 1. The van der Waals surface area contributed by atoms with Crippen LogP contribution in [-0.4, -0.2) is 43.5 Å². The van der Waals surface area contributed by atoms with Crippen molar-refractivity contribution in [2.24, 2.45) is 5.92 Å². The van der Waals surface area contributed by atoms with Gasteiger partial charge in [0.1, 0.15) is 36.4 Å². The molecule has 0 fully saturated rings. The van der Waals surface area contributed by atoms with Crippen LogP contribution in [0.1, 0.15) is 25.0 Å². The third-order valence-electron chi connectivity index (χ3n) is 4.71. The summed E-state index contributed by atoms with van der Waals surface area (Å²) in [7, 11) is -3.58. The molecule has 0 saturated heterocycles. The second-order valence-electron chi connectivity index (χ2n) is 8.20. The first kappa shape index (κ1) is 26.8. The topological polar surface area (TPSA) is 131 Å². The molecule has 11 heteroatoms. The van der Waals surface area contributed by atoms with E-state index in [0.29, 0.717) is 24.5 Å². The minimum Gasteiger partial charge on any atom is -0.490 e. The smallest absolute Gasteiger partial charge is 0.268 e. The molecule has 0 unspecified atom stereocenters. The summed E-state index contributed by atoms with van der Waals surface area (Å²) in [5, 5.41) is 19.3. The van der Waals surface area contributed by atoms with Gasteiger partial charge in [-0.1, -0.05) is 55.5 Å². The summed E-state index contributed by atoms with van der Waals surface area (Å²) in [5.41, 5.74) is 1.49. The Morgan fingerprint density at radius 2 is 1.81 bits per heavy atom. The van der Waals surface area contributed by atoms with Crippen LogP contribution in [0.3, 0.4) is 0 Å². The van der Waals surface area contributed by atoms with Crippen molar-refractivity contribution in [1.29, 1.82) is 5.26 Å². The highest BCUT2D eigenvalue weighted by Crippen LogP contribution is 2.23. The molecule has 0 aliphatic carbocycles. The number of aryl methyl sites for hydroxylation is 1. The predicted octanol–water partition coefficient (Wildman–Crippen LogP) is 4.28. The lowest BCUT2D eigenvalue weighted by atomic mass is 10.1. The number of nitrogens with zero attached hydrogens (tertiary/aromatic N) is 3. The number of para-hydroxylation sites is 1. The molecular weight excluding hydrogens is 500 g/mol. The lowest BCUT2D eigenvalue weighted by molar-refractivity contribution is -0.112. The van der Waals surface area contributed by atoms with E-state index in [2.05, 4.69) is 15.5 Å². The highest BCUT2D eigenvalue weighted by atomic mass is 32.2. The van der Waals surface area contributed by atoms with Gasteiger partial charge in [0, 0.05) is 0 Å². The number of anilines is 1. The zero-order valence-electron chi connectivity index (χ0n) is 20.1. The molecule has 9 nitrogen and oxygen atoms in total. The van der Waals surface area contributed by atoms with Crippen LogP contribution in [0.5, 0.6) is 11.5 Å². The maximum absolute atomic E-state index is 12.5. The van der Waals surface area contributed by atoms with Gasteiger partial charge in [-0.2, -0.15) is 5.26 Å². The van der Waals surface area contributed by atoms with Crippen molar-refractivity contribution in [1.82, 2.24) is 10.2 Å². The van der Waals surface area contributed by atoms with Gasteiger partial charge in [0.2, 0.25) is 19.3 Å². The highest BCUT2D eigenvalue weighted by Gasteiger charge is 2.22. The van der Waals surface area contributed by atoms with E-state index in [1.807, 2.05) is 37.3 Å². The summed E-state index contributed by atoms with van der Waals surface area (Å²) in [6.07, 6.45) is 1.41. The van der Waals surface area contributed by atoms with E-state index >= 15 is 0 Å². The summed E-state index contributed by atoms with van der Waals surface area (Å²) in [5.74, 6) is 0.570. The van der Waals surface area contributed by atoms with Crippen molar-refractivity contribution >= 4 is 38.3 Å². The van der Waals surface area contributed by atoms with Crippen LogP contribution in [0.15, 0.2) is 58.4 Å². The van der Waals surface area contributed by atoms with Gasteiger partial charge in [0.25, 0.3) is 5.91 Å². The van der Waals surface area contributed by atoms with Gasteiger partial charge >= 0.3 is 0 Å². The van der Waals surface area contributed by atoms with Gasteiger partial charge in [-0.3, -0.25) is 10.1 Å². The Balaban J connectivity index is 1.56. The summed E-state index contributed by atoms with van der Waals surface area (Å²) >= 11 is 0.749. The molecule has 188 valence electrons. The zero-order valence-corrected chi connectivity index (χ0v) is 21.7. The number of rotatable bonds is 11. The maximum Gasteiger partial charge on any atom is 0.268 e. The molecule has 0 aliphatic heterocycles. The Labute approximate surface area is 214 Å². The average molecular weight is 527 g/mol. The van der Waals surface area contributed by atoms with E-state index < -0.39 is 15.7 Å². The number of carbonyl (C=O) groups is 1. The number of ether oxygens (including phenoxy) is 2. The van der Waals surface area contributed by atoms with E-state index in [4.69, 9.17) is 9.47 Å². The molecule has 36 heavy (non-hydrogen) atoms. The molecule has 1 aromatic heterocycles. The third kappa shape index (κ3) is 7.63. The second-order valence-corrected chi connectivity index (χ2v) is 11.4. The van der Waals surface area contributed by atoms with Crippen molar-refractivity contribution < 1.29 is 22.7 Å². The number of sulfone groups is 1. The largest absolute Gasteiger partial charge is 0.490 e. The molecule has 1 amide bonds. The summed E-state index contributed by atoms with van der Waals surface area (Å²) in [6, 6.07) is 16.5. The molecule has 3 rings (SSSR count). The van der Waals surface area contributed by atoms with Crippen LogP contribution >= 0.6 is 11.3 Å². The number of nitriles is 1. The predicted molar refractivity (Wildman–Crippen MR) is 138 cm³/mol. The lowest BCUT2D eigenvalue weighted by Gasteiger charge is -2.10. The minimum atomic E-state index is -3.58. The fourth-order valence-electron chi connectivity index (χ4n) is 3.07. The number of amides is 1. The fraction of sp³-hybridized carbons (Fsp3) is 0.280. The Morgan fingerprint density at radius 3 is 2.47 bits per heavy atom. The van der Waals surface area contributed by atoms with Gasteiger partial charge in [-0.05, 0) is 48.2 Å². The van der Waals surface area contributed by atoms with Gasteiger partial charge in [-0.25, -0.2) is 8.42 Å². The van der Waals surface area contributed by atoms with Gasteiger partial charge in [0.15, 0.2) is 0 Å². The first-order chi connectivity index (χ1) is 17.2. The maximum atomic E-state index is 12.5. The van der Waals surface area contributed by atoms with Crippen LogP contribution in [0.4, 0.5) is 5.13 Å². The van der Waals surface area contributed by atoms with E-state index in [9.17, 15) is 18.5 Å². The fourth-order valence-corrected chi connectivity index (χ4v) is 5.67. The van der Waals surface area contributed by atoms with Crippen molar-refractivity contribution in [2.75, 3.05) is 24.3 Å². The van der Waals surface area contributed by atoms with Gasteiger partial charge in [-0.15, -0.1) is 10.2 Å². The molecule has 3 aromatic rings. The molecular formula is C25H26N4O5S2.